The summed E-state index contributed by atoms with van der Waals surface area (Å²) in [5.74, 6) is 1.59. The summed E-state index contributed by atoms with van der Waals surface area (Å²) in [6.45, 7) is 5.74. The van der Waals surface area contributed by atoms with Gasteiger partial charge in [-0.15, -0.1) is 0 Å². The van der Waals surface area contributed by atoms with Gasteiger partial charge in [-0.25, -0.2) is 0 Å². The lowest BCUT2D eigenvalue weighted by atomic mass is 9.83. The fourth-order valence-electron chi connectivity index (χ4n) is 3.01. The van der Waals surface area contributed by atoms with Gasteiger partial charge in [0.15, 0.2) is 0 Å². The van der Waals surface area contributed by atoms with Crippen molar-refractivity contribution >= 4 is 0 Å². The van der Waals surface area contributed by atoms with Crippen molar-refractivity contribution in [2.45, 2.75) is 38.6 Å². The second kappa shape index (κ2) is 3.34. The molecule has 1 aromatic rings. The average Bonchev–Trinajstić information content (AvgIpc) is 3.02. The molecule has 0 amide bonds. The summed E-state index contributed by atoms with van der Waals surface area (Å²) in [5, 5.41) is 3.71. The van der Waals surface area contributed by atoms with Crippen LogP contribution < -0.4 is 5.32 Å². The largest absolute Gasteiger partial charge is 0.309 e. The molecule has 0 spiro atoms. The van der Waals surface area contributed by atoms with Gasteiger partial charge < -0.3 is 5.32 Å². The maximum Gasteiger partial charge on any atom is 0.0351 e. The Morgan fingerprint density at radius 2 is 2.07 bits per heavy atom. The first kappa shape index (κ1) is 9.41. The van der Waals surface area contributed by atoms with Gasteiger partial charge in [0.25, 0.3) is 0 Å². The second-order valence-electron chi connectivity index (χ2n) is 5.20. The fourth-order valence-corrected chi connectivity index (χ4v) is 3.01. The predicted molar refractivity (Wildman–Crippen MR) is 63.1 cm³/mol. The summed E-state index contributed by atoms with van der Waals surface area (Å²) in [6.07, 6.45) is 2.83. The van der Waals surface area contributed by atoms with Gasteiger partial charge in [0.2, 0.25) is 0 Å². The first-order valence-electron chi connectivity index (χ1n) is 6.10. The molecule has 80 valence electrons. The standard InChI is InChI=1S/C14H19N/c1-9-4-3-5-12-13(9)10(2)8-15-14(12)11-6-7-11/h3-5,10-11,14-15H,6-8H2,1-2H3. The quantitative estimate of drug-likeness (QED) is 0.736. The third kappa shape index (κ3) is 1.50. The molecular formula is C14H19N. The molecule has 2 unspecified atom stereocenters. The molecule has 2 aliphatic rings. The van der Waals surface area contributed by atoms with Crippen LogP contribution in [0.2, 0.25) is 0 Å². The highest BCUT2D eigenvalue weighted by atomic mass is 14.9. The summed E-state index contributed by atoms with van der Waals surface area (Å²) >= 11 is 0. The molecule has 15 heavy (non-hydrogen) atoms. The van der Waals surface area contributed by atoms with Crippen LogP contribution in [0.5, 0.6) is 0 Å². The zero-order valence-electron chi connectivity index (χ0n) is 9.59. The fraction of sp³-hybridized carbons (Fsp3) is 0.571. The van der Waals surface area contributed by atoms with E-state index in [0.717, 1.165) is 12.5 Å². The van der Waals surface area contributed by atoms with Crippen LogP contribution >= 0.6 is 0 Å². The number of aryl methyl sites for hydroxylation is 1. The monoisotopic (exact) mass is 201 g/mol. The van der Waals surface area contributed by atoms with Gasteiger partial charge in [-0.05, 0) is 48.3 Å². The van der Waals surface area contributed by atoms with Crippen molar-refractivity contribution in [3.8, 4) is 0 Å². The first-order valence-corrected chi connectivity index (χ1v) is 6.10. The molecule has 2 atom stereocenters. The van der Waals surface area contributed by atoms with Gasteiger partial charge in [0.05, 0.1) is 0 Å². The lowest BCUT2D eigenvalue weighted by Crippen LogP contribution is -2.33. The summed E-state index contributed by atoms with van der Waals surface area (Å²) < 4.78 is 0. The van der Waals surface area contributed by atoms with E-state index in [2.05, 4.69) is 37.4 Å². The van der Waals surface area contributed by atoms with Gasteiger partial charge in [-0.1, -0.05) is 25.1 Å². The molecule has 1 aliphatic carbocycles. The average molecular weight is 201 g/mol. The molecule has 0 saturated heterocycles. The van der Waals surface area contributed by atoms with Crippen LogP contribution in [-0.2, 0) is 0 Å². The van der Waals surface area contributed by atoms with Gasteiger partial charge in [-0.3, -0.25) is 0 Å². The Morgan fingerprint density at radius 1 is 1.27 bits per heavy atom. The Morgan fingerprint density at radius 3 is 2.80 bits per heavy atom. The van der Waals surface area contributed by atoms with E-state index in [0.29, 0.717) is 12.0 Å². The molecule has 1 aliphatic heterocycles. The van der Waals surface area contributed by atoms with E-state index >= 15 is 0 Å². The number of rotatable bonds is 1. The SMILES string of the molecule is Cc1cccc2c1C(C)CNC2C1CC1. The smallest absolute Gasteiger partial charge is 0.0351 e. The Hall–Kier alpha value is -0.820. The topological polar surface area (TPSA) is 12.0 Å². The molecule has 0 bridgehead atoms. The third-order valence-corrected chi connectivity index (χ3v) is 3.92. The summed E-state index contributed by atoms with van der Waals surface area (Å²) in [4.78, 5) is 0. The number of benzene rings is 1. The van der Waals surface area contributed by atoms with Crippen LogP contribution in [0.25, 0.3) is 0 Å². The second-order valence-corrected chi connectivity index (χ2v) is 5.20. The molecule has 0 radical (unpaired) electrons. The summed E-state index contributed by atoms with van der Waals surface area (Å²) in [7, 11) is 0. The number of hydrogen-bond donors (Lipinski definition) is 1. The highest BCUT2D eigenvalue weighted by Crippen LogP contribution is 2.45. The van der Waals surface area contributed by atoms with Crippen LogP contribution in [0, 0.1) is 12.8 Å². The van der Waals surface area contributed by atoms with E-state index in [4.69, 9.17) is 0 Å². The van der Waals surface area contributed by atoms with Crippen LogP contribution in [0.3, 0.4) is 0 Å². The highest BCUT2D eigenvalue weighted by molar-refractivity contribution is 5.41. The van der Waals surface area contributed by atoms with Gasteiger partial charge in [0.1, 0.15) is 0 Å². The van der Waals surface area contributed by atoms with Gasteiger partial charge in [0, 0.05) is 12.6 Å². The Balaban J connectivity index is 2.08. The van der Waals surface area contributed by atoms with Crippen molar-refractivity contribution < 1.29 is 0 Å². The zero-order chi connectivity index (χ0) is 10.4. The Labute approximate surface area is 91.9 Å². The van der Waals surface area contributed by atoms with Crippen molar-refractivity contribution in [2.24, 2.45) is 5.92 Å². The highest BCUT2D eigenvalue weighted by Gasteiger charge is 2.36. The third-order valence-electron chi connectivity index (χ3n) is 3.92. The number of nitrogens with one attached hydrogen (secondary N) is 1. The minimum Gasteiger partial charge on any atom is -0.309 e. The van der Waals surface area contributed by atoms with E-state index in [1.54, 1.807) is 11.1 Å². The van der Waals surface area contributed by atoms with Crippen LogP contribution in [0.4, 0.5) is 0 Å². The number of fused-ring (bicyclic) bond motifs is 1. The van der Waals surface area contributed by atoms with Crippen molar-refractivity contribution in [3.63, 3.8) is 0 Å². The van der Waals surface area contributed by atoms with E-state index in [9.17, 15) is 0 Å². The molecule has 1 aromatic carbocycles. The Kier molecular flexibility index (Phi) is 2.10. The van der Waals surface area contributed by atoms with E-state index < -0.39 is 0 Å². The van der Waals surface area contributed by atoms with E-state index in [1.165, 1.54) is 18.4 Å². The molecular weight excluding hydrogens is 182 g/mol. The van der Waals surface area contributed by atoms with E-state index in [1.807, 2.05) is 0 Å². The predicted octanol–water partition coefficient (Wildman–Crippen LogP) is 3.15. The molecule has 3 rings (SSSR count). The maximum absolute atomic E-state index is 3.71. The van der Waals surface area contributed by atoms with Crippen molar-refractivity contribution in [3.05, 3.63) is 34.9 Å². The van der Waals surface area contributed by atoms with Crippen LogP contribution in [0.15, 0.2) is 18.2 Å². The summed E-state index contributed by atoms with van der Waals surface area (Å²) in [5.41, 5.74) is 4.68. The van der Waals surface area contributed by atoms with Gasteiger partial charge >= 0.3 is 0 Å². The molecule has 1 fully saturated rings. The van der Waals surface area contributed by atoms with E-state index in [-0.39, 0.29) is 0 Å². The molecule has 1 N–H and O–H groups in total. The molecule has 0 aromatic heterocycles. The van der Waals surface area contributed by atoms with Crippen molar-refractivity contribution in [1.82, 2.24) is 5.32 Å². The maximum atomic E-state index is 3.71. The molecule has 1 nitrogen and oxygen atoms in total. The zero-order valence-corrected chi connectivity index (χ0v) is 9.59. The summed E-state index contributed by atoms with van der Waals surface area (Å²) in [6, 6.07) is 7.44. The minimum absolute atomic E-state index is 0.649. The van der Waals surface area contributed by atoms with Crippen molar-refractivity contribution in [2.75, 3.05) is 6.54 Å². The molecule has 1 heteroatoms. The lowest BCUT2D eigenvalue weighted by molar-refractivity contribution is 0.428. The van der Waals surface area contributed by atoms with Crippen LogP contribution in [-0.4, -0.2) is 6.54 Å². The molecule has 1 heterocycles. The normalized spacial score (nSPS) is 30.0. The minimum atomic E-state index is 0.649. The molecule has 1 saturated carbocycles. The first-order chi connectivity index (χ1) is 7.27. The van der Waals surface area contributed by atoms with Crippen molar-refractivity contribution in [1.29, 1.82) is 0 Å². The van der Waals surface area contributed by atoms with Crippen LogP contribution in [0.1, 0.15) is 48.4 Å². The number of hydrogen-bond acceptors (Lipinski definition) is 1. The van der Waals surface area contributed by atoms with Gasteiger partial charge in [-0.2, -0.15) is 0 Å². The lowest BCUT2D eigenvalue weighted by Gasteiger charge is -2.32. The Bertz CT molecular complexity index is 379.